The van der Waals surface area contributed by atoms with Gasteiger partial charge in [0.15, 0.2) is 6.79 Å². The zero-order valence-corrected chi connectivity index (χ0v) is 14.7. The molecule has 0 N–H and O–H groups in total. The van der Waals surface area contributed by atoms with E-state index in [2.05, 4.69) is 31.2 Å². The number of pyridine rings is 1. The van der Waals surface area contributed by atoms with E-state index in [-0.39, 0.29) is 0 Å². The van der Waals surface area contributed by atoms with E-state index in [4.69, 9.17) is 9.47 Å². The summed E-state index contributed by atoms with van der Waals surface area (Å²) in [6, 6.07) is 3.09. The van der Waals surface area contributed by atoms with Crippen LogP contribution in [0.1, 0.15) is 24.8 Å². The van der Waals surface area contributed by atoms with Gasteiger partial charge in [-0.2, -0.15) is 0 Å². The number of allylic oxidation sites excluding steroid dienone is 1. The van der Waals surface area contributed by atoms with Crippen LogP contribution in [-0.2, 0) is 11.2 Å². The van der Waals surface area contributed by atoms with Gasteiger partial charge in [0.2, 0.25) is 0 Å². The van der Waals surface area contributed by atoms with Gasteiger partial charge >= 0.3 is 0 Å². The summed E-state index contributed by atoms with van der Waals surface area (Å²) in [7, 11) is -1.02. The van der Waals surface area contributed by atoms with Crippen LogP contribution in [0.4, 0.5) is 0 Å². The van der Waals surface area contributed by atoms with Crippen molar-refractivity contribution < 1.29 is 9.47 Å². The standard InChI is InChI=1S/C17H29NO2Si/c1-5-6-7-8-9-16-14-18-11-10-17(16)20-15-19-12-13-21(2,3)4/h5,10-11,14H,1,6-9,12-13,15H2,2-4H3. The molecule has 0 saturated heterocycles. The molecule has 21 heavy (non-hydrogen) atoms. The highest BCUT2D eigenvalue weighted by atomic mass is 28.3. The first kappa shape index (κ1) is 17.9. The van der Waals surface area contributed by atoms with Crippen LogP contribution in [0.2, 0.25) is 25.7 Å². The molecule has 1 aromatic rings. The van der Waals surface area contributed by atoms with Crippen molar-refractivity contribution in [1.82, 2.24) is 4.98 Å². The summed E-state index contributed by atoms with van der Waals surface area (Å²) < 4.78 is 11.3. The molecule has 0 aromatic carbocycles. The van der Waals surface area contributed by atoms with Gasteiger partial charge < -0.3 is 9.47 Å². The zero-order chi connectivity index (χ0) is 15.6. The number of unbranched alkanes of at least 4 members (excludes halogenated alkanes) is 2. The fraction of sp³-hybridized carbons (Fsp3) is 0.588. The number of aryl methyl sites for hydroxylation is 1. The van der Waals surface area contributed by atoms with Gasteiger partial charge in [-0.3, -0.25) is 4.98 Å². The maximum absolute atomic E-state index is 5.74. The third kappa shape index (κ3) is 8.68. The number of aromatic nitrogens is 1. The number of ether oxygens (including phenoxy) is 2. The molecule has 0 spiro atoms. The molecule has 4 heteroatoms. The molecule has 0 aliphatic rings. The number of hydrogen-bond acceptors (Lipinski definition) is 3. The van der Waals surface area contributed by atoms with Crippen molar-refractivity contribution in [3.05, 3.63) is 36.7 Å². The monoisotopic (exact) mass is 307 g/mol. The molecule has 0 radical (unpaired) electrons. The zero-order valence-electron chi connectivity index (χ0n) is 13.7. The first-order valence-electron chi connectivity index (χ1n) is 7.77. The maximum atomic E-state index is 5.74. The highest BCUT2D eigenvalue weighted by Gasteiger charge is 2.12. The van der Waals surface area contributed by atoms with Crippen LogP contribution in [0.5, 0.6) is 5.75 Å². The van der Waals surface area contributed by atoms with E-state index in [0.717, 1.165) is 43.6 Å². The van der Waals surface area contributed by atoms with Gasteiger partial charge in [0.1, 0.15) is 5.75 Å². The highest BCUT2D eigenvalue weighted by molar-refractivity contribution is 6.76. The first-order chi connectivity index (χ1) is 10.0. The Bertz CT molecular complexity index is 415. The van der Waals surface area contributed by atoms with Gasteiger partial charge in [-0.25, -0.2) is 0 Å². The first-order valence-corrected chi connectivity index (χ1v) is 11.5. The Hall–Kier alpha value is -1.13. The van der Waals surface area contributed by atoms with E-state index in [0.29, 0.717) is 6.79 Å². The van der Waals surface area contributed by atoms with Gasteiger partial charge in [-0.05, 0) is 37.8 Å². The molecule has 1 heterocycles. The highest BCUT2D eigenvalue weighted by Crippen LogP contribution is 2.19. The topological polar surface area (TPSA) is 31.4 Å². The quantitative estimate of drug-likeness (QED) is 0.258. The van der Waals surface area contributed by atoms with E-state index in [1.807, 2.05) is 18.3 Å². The summed E-state index contributed by atoms with van der Waals surface area (Å²) in [6.07, 6.45) is 9.97. The number of nitrogens with zero attached hydrogens (tertiary/aromatic N) is 1. The van der Waals surface area contributed by atoms with E-state index >= 15 is 0 Å². The molecule has 1 rings (SSSR count). The van der Waals surface area contributed by atoms with Crippen LogP contribution in [0, 0.1) is 0 Å². The lowest BCUT2D eigenvalue weighted by atomic mass is 10.1. The second-order valence-electron chi connectivity index (χ2n) is 6.50. The van der Waals surface area contributed by atoms with Crippen molar-refractivity contribution >= 4 is 8.07 Å². The third-order valence-corrected chi connectivity index (χ3v) is 4.96. The molecule has 118 valence electrons. The average molecular weight is 308 g/mol. The number of hydrogen-bond donors (Lipinski definition) is 0. The van der Waals surface area contributed by atoms with Crippen molar-refractivity contribution in [3.63, 3.8) is 0 Å². The number of rotatable bonds is 11. The Labute approximate surface area is 130 Å². The second kappa shape index (κ2) is 9.74. The van der Waals surface area contributed by atoms with Crippen molar-refractivity contribution in [2.75, 3.05) is 13.4 Å². The summed E-state index contributed by atoms with van der Waals surface area (Å²) in [5.74, 6) is 0.900. The molecular formula is C17H29NO2Si. The molecule has 0 atom stereocenters. The fourth-order valence-corrected chi connectivity index (χ4v) is 2.65. The van der Waals surface area contributed by atoms with Crippen LogP contribution in [0.25, 0.3) is 0 Å². The third-order valence-electron chi connectivity index (χ3n) is 3.26. The van der Waals surface area contributed by atoms with Crippen LogP contribution in [0.15, 0.2) is 31.1 Å². The molecular weight excluding hydrogens is 278 g/mol. The Kier molecular flexibility index (Phi) is 8.31. The summed E-state index contributed by atoms with van der Waals surface area (Å²) in [4.78, 5) is 4.19. The van der Waals surface area contributed by atoms with Gasteiger partial charge in [-0.15, -0.1) is 6.58 Å². The van der Waals surface area contributed by atoms with Crippen LogP contribution in [-0.4, -0.2) is 26.5 Å². The van der Waals surface area contributed by atoms with Crippen molar-refractivity contribution in [2.24, 2.45) is 0 Å². The van der Waals surface area contributed by atoms with Crippen molar-refractivity contribution in [2.45, 2.75) is 51.4 Å². The predicted molar refractivity (Wildman–Crippen MR) is 91.6 cm³/mol. The Balaban J connectivity index is 2.32. The van der Waals surface area contributed by atoms with Gasteiger partial charge in [0, 0.05) is 32.6 Å². The van der Waals surface area contributed by atoms with Crippen molar-refractivity contribution in [1.29, 1.82) is 0 Å². The van der Waals surface area contributed by atoms with Gasteiger partial charge in [0.05, 0.1) is 0 Å². The molecule has 0 bridgehead atoms. The summed E-state index contributed by atoms with van der Waals surface area (Å²) >= 11 is 0. The van der Waals surface area contributed by atoms with E-state index < -0.39 is 8.07 Å². The normalized spacial score (nSPS) is 11.4. The molecule has 0 aliphatic heterocycles. The Morgan fingerprint density at radius 2 is 2.10 bits per heavy atom. The lowest BCUT2D eigenvalue weighted by Crippen LogP contribution is -2.22. The fourth-order valence-electron chi connectivity index (χ4n) is 1.89. The largest absolute Gasteiger partial charge is 0.467 e. The predicted octanol–water partition coefficient (Wildman–Crippen LogP) is 4.67. The minimum Gasteiger partial charge on any atom is -0.467 e. The lowest BCUT2D eigenvalue weighted by molar-refractivity contribution is 0.0214. The smallest absolute Gasteiger partial charge is 0.189 e. The van der Waals surface area contributed by atoms with Crippen LogP contribution in [0.3, 0.4) is 0 Å². The SMILES string of the molecule is C=CCCCCc1cnccc1OCOCC[Si](C)(C)C. The van der Waals surface area contributed by atoms with Crippen molar-refractivity contribution in [3.8, 4) is 5.75 Å². The average Bonchev–Trinajstić information content (AvgIpc) is 2.43. The minimum atomic E-state index is -1.02. The minimum absolute atomic E-state index is 0.328. The summed E-state index contributed by atoms with van der Waals surface area (Å²) in [5, 5.41) is 0. The molecule has 0 saturated carbocycles. The Morgan fingerprint density at radius 3 is 2.81 bits per heavy atom. The Morgan fingerprint density at radius 1 is 1.29 bits per heavy atom. The second-order valence-corrected chi connectivity index (χ2v) is 12.1. The summed E-state index contributed by atoms with van der Waals surface area (Å²) in [6.45, 7) is 11.9. The molecule has 0 unspecified atom stereocenters. The molecule has 3 nitrogen and oxygen atoms in total. The van der Waals surface area contributed by atoms with Crippen LogP contribution < -0.4 is 4.74 Å². The van der Waals surface area contributed by atoms with E-state index in [1.165, 1.54) is 6.04 Å². The summed E-state index contributed by atoms with van der Waals surface area (Å²) in [5.41, 5.74) is 1.16. The molecule has 0 aliphatic carbocycles. The maximum Gasteiger partial charge on any atom is 0.189 e. The van der Waals surface area contributed by atoms with Crippen LogP contribution >= 0.6 is 0 Å². The molecule has 1 aromatic heterocycles. The lowest BCUT2D eigenvalue weighted by Gasteiger charge is -2.16. The van der Waals surface area contributed by atoms with Gasteiger partial charge in [-0.1, -0.05) is 25.7 Å². The molecule has 0 amide bonds. The van der Waals surface area contributed by atoms with E-state index in [1.54, 1.807) is 6.20 Å². The molecule has 0 fully saturated rings. The van der Waals surface area contributed by atoms with Gasteiger partial charge in [0.25, 0.3) is 0 Å². The van der Waals surface area contributed by atoms with E-state index in [9.17, 15) is 0 Å².